The van der Waals surface area contributed by atoms with E-state index < -0.39 is 23.3 Å². The van der Waals surface area contributed by atoms with Crippen LogP contribution in [0.25, 0.3) is 16.9 Å². The van der Waals surface area contributed by atoms with E-state index in [4.69, 9.17) is 0 Å². The van der Waals surface area contributed by atoms with Crippen LogP contribution in [-0.2, 0) is 5.60 Å². The molecule has 1 atom stereocenters. The first-order chi connectivity index (χ1) is 15.3. The molecule has 0 radical (unpaired) electrons. The van der Waals surface area contributed by atoms with Gasteiger partial charge >= 0.3 is 0 Å². The van der Waals surface area contributed by atoms with E-state index in [9.17, 15) is 19.4 Å². The van der Waals surface area contributed by atoms with Crippen molar-refractivity contribution in [2.24, 2.45) is 0 Å². The molecule has 1 amide bonds. The maximum atomic E-state index is 14.1. The normalized spacial score (nSPS) is 13.4. The van der Waals surface area contributed by atoms with Crippen molar-refractivity contribution in [3.8, 4) is 11.3 Å². The number of aliphatic hydroxyl groups is 2. The third-order valence-electron chi connectivity index (χ3n) is 5.10. The molecular formula is C23H31FN6O3. The van der Waals surface area contributed by atoms with Gasteiger partial charge < -0.3 is 20.8 Å². The molecule has 0 spiro atoms. The molecule has 3 heterocycles. The first-order valence-electron chi connectivity index (χ1n) is 10.8. The van der Waals surface area contributed by atoms with Crippen LogP contribution >= 0.6 is 0 Å². The SMILES string of the molecule is CC(C)Nc1c(C(=O)NCC(F)C(C)(C)O)cnc2cc(-c3cncc(C(C)(C)O)c3)nn12. The van der Waals surface area contributed by atoms with Gasteiger partial charge in [-0.3, -0.25) is 9.78 Å². The number of halogens is 1. The summed E-state index contributed by atoms with van der Waals surface area (Å²) in [5.41, 5.74) is -0.0539. The monoisotopic (exact) mass is 458 g/mol. The molecule has 1 unspecified atom stereocenters. The first kappa shape index (κ1) is 24.5. The third-order valence-corrected chi connectivity index (χ3v) is 5.10. The van der Waals surface area contributed by atoms with Crippen molar-refractivity contribution >= 4 is 17.4 Å². The number of aromatic nitrogens is 4. The Hall–Kier alpha value is -3.11. The number of anilines is 1. The van der Waals surface area contributed by atoms with Crippen molar-refractivity contribution in [1.82, 2.24) is 24.9 Å². The lowest BCUT2D eigenvalue weighted by atomic mass is 9.98. The van der Waals surface area contributed by atoms with Crippen LogP contribution < -0.4 is 10.6 Å². The van der Waals surface area contributed by atoms with Crippen LogP contribution in [0.15, 0.2) is 30.7 Å². The summed E-state index contributed by atoms with van der Waals surface area (Å²) in [5, 5.41) is 30.4. The van der Waals surface area contributed by atoms with E-state index in [1.807, 2.05) is 13.8 Å². The summed E-state index contributed by atoms with van der Waals surface area (Å²) in [6.45, 7) is 9.53. The predicted octanol–water partition coefficient (Wildman–Crippen LogP) is 2.68. The van der Waals surface area contributed by atoms with Gasteiger partial charge in [0.15, 0.2) is 5.65 Å². The zero-order valence-corrected chi connectivity index (χ0v) is 19.7. The Morgan fingerprint density at radius 2 is 1.85 bits per heavy atom. The van der Waals surface area contributed by atoms with Gasteiger partial charge in [0.05, 0.1) is 23.4 Å². The van der Waals surface area contributed by atoms with E-state index in [1.165, 1.54) is 24.6 Å². The molecule has 3 aromatic heterocycles. The number of hydrogen-bond donors (Lipinski definition) is 4. The summed E-state index contributed by atoms with van der Waals surface area (Å²) in [6, 6.07) is 3.53. The fourth-order valence-corrected chi connectivity index (χ4v) is 3.10. The van der Waals surface area contributed by atoms with Crippen molar-refractivity contribution in [1.29, 1.82) is 0 Å². The number of alkyl halides is 1. The lowest BCUT2D eigenvalue weighted by molar-refractivity contribution is -0.00178. The van der Waals surface area contributed by atoms with E-state index in [0.29, 0.717) is 28.3 Å². The van der Waals surface area contributed by atoms with Crippen molar-refractivity contribution in [3.05, 3.63) is 41.9 Å². The van der Waals surface area contributed by atoms with Gasteiger partial charge in [0.25, 0.3) is 5.91 Å². The van der Waals surface area contributed by atoms with Gasteiger partial charge in [-0.15, -0.1) is 0 Å². The minimum Gasteiger partial charge on any atom is -0.387 e. The van der Waals surface area contributed by atoms with Gasteiger partial charge in [0.2, 0.25) is 0 Å². The summed E-state index contributed by atoms with van der Waals surface area (Å²) in [7, 11) is 0. The van der Waals surface area contributed by atoms with Crippen LogP contribution in [0.4, 0.5) is 10.2 Å². The highest BCUT2D eigenvalue weighted by Crippen LogP contribution is 2.27. The minimum atomic E-state index is -1.63. The van der Waals surface area contributed by atoms with Crippen LogP contribution in [0, 0.1) is 0 Å². The lowest BCUT2D eigenvalue weighted by Crippen LogP contribution is -2.42. The number of nitrogens with zero attached hydrogens (tertiary/aromatic N) is 4. The van der Waals surface area contributed by atoms with E-state index >= 15 is 0 Å². The summed E-state index contributed by atoms with van der Waals surface area (Å²) >= 11 is 0. The second-order valence-electron chi connectivity index (χ2n) is 9.47. The highest BCUT2D eigenvalue weighted by Gasteiger charge is 2.28. The standard InChI is InChI=1S/C23H31FN6O3/c1-13(2)28-20-16(21(31)27-12-18(24)23(5,6)33)11-26-19-8-17(29-30(19)20)14-7-15(10-25-9-14)22(3,4)32/h7-11,13,18,28,32-33H,12H2,1-6H3,(H,27,31). The number of hydrogen-bond acceptors (Lipinski definition) is 7. The molecule has 10 heteroatoms. The molecule has 9 nitrogen and oxygen atoms in total. The molecule has 3 rings (SSSR count). The van der Waals surface area contributed by atoms with Crippen LogP contribution in [-0.4, -0.2) is 60.1 Å². The fraction of sp³-hybridized carbons (Fsp3) is 0.478. The maximum Gasteiger partial charge on any atom is 0.256 e. The second-order valence-corrected chi connectivity index (χ2v) is 9.47. The smallest absolute Gasteiger partial charge is 0.256 e. The van der Waals surface area contributed by atoms with Gasteiger partial charge in [-0.1, -0.05) is 0 Å². The Bertz CT molecular complexity index is 1150. The summed E-state index contributed by atoms with van der Waals surface area (Å²) in [5.74, 6) is -0.133. The van der Waals surface area contributed by atoms with E-state index in [0.717, 1.165) is 0 Å². The molecule has 3 aromatic rings. The Balaban J connectivity index is 2.01. The Morgan fingerprint density at radius 3 is 2.45 bits per heavy atom. The highest BCUT2D eigenvalue weighted by molar-refractivity contribution is 5.99. The molecule has 0 aliphatic heterocycles. The number of nitrogens with one attached hydrogen (secondary N) is 2. The number of fused-ring (bicyclic) bond motifs is 1. The molecular weight excluding hydrogens is 427 g/mol. The molecule has 0 bridgehead atoms. The first-order valence-corrected chi connectivity index (χ1v) is 10.8. The van der Waals surface area contributed by atoms with E-state index in [2.05, 4.69) is 25.7 Å². The molecule has 0 fully saturated rings. The van der Waals surface area contributed by atoms with Gasteiger partial charge in [0, 0.05) is 41.8 Å². The van der Waals surface area contributed by atoms with Gasteiger partial charge in [0.1, 0.15) is 17.6 Å². The molecule has 0 saturated heterocycles. The predicted molar refractivity (Wildman–Crippen MR) is 124 cm³/mol. The number of amides is 1. The van der Waals surface area contributed by atoms with Crippen molar-refractivity contribution in [3.63, 3.8) is 0 Å². The Labute approximate surface area is 192 Å². The van der Waals surface area contributed by atoms with Crippen molar-refractivity contribution in [2.45, 2.75) is 65.0 Å². The molecule has 0 aliphatic carbocycles. The van der Waals surface area contributed by atoms with Crippen LogP contribution in [0.5, 0.6) is 0 Å². The van der Waals surface area contributed by atoms with Crippen LogP contribution in [0.1, 0.15) is 57.5 Å². The zero-order chi connectivity index (χ0) is 24.6. The highest BCUT2D eigenvalue weighted by atomic mass is 19.1. The van der Waals surface area contributed by atoms with Gasteiger partial charge in [-0.25, -0.2) is 9.37 Å². The van der Waals surface area contributed by atoms with Gasteiger partial charge in [-0.2, -0.15) is 9.61 Å². The Morgan fingerprint density at radius 1 is 1.15 bits per heavy atom. The summed E-state index contributed by atoms with van der Waals surface area (Å²) < 4.78 is 15.6. The minimum absolute atomic E-state index is 0.0275. The average molecular weight is 459 g/mol. The Kier molecular flexibility index (Phi) is 6.71. The second kappa shape index (κ2) is 9.03. The fourth-order valence-electron chi connectivity index (χ4n) is 3.10. The number of carbonyl (C=O) groups is 1. The molecule has 4 N–H and O–H groups in total. The summed E-state index contributed by atoms with van der Waals surface area (Å²) in [6.07, 6.45) is 3.01. The molecule has 178 valence electrons. The quantitative estimate of drug-likeness (QED) is 0.409. The van der Waals surface area contributed by atoms with Crippen molar-refractivity contribution < 1.29 is 19.4 Å². The molecule has 0 aliphatic rings. The van der Waals surface area contributed by atoms with Crippen LogP contribution in [0.3, 0.4) is 0 Å². The summed E-state index contributed by atoms with van der Waals surface area (Å²) in [4.78, 5) is 21.4. The average Bonchev–Trinajstić information content (AvgIpc) is 3.15. The van der Waals surface area contributed by atoms with Gasteiger partial charge in [-0.05, 0) is 47.6 Å². The molecule has 33 heavy (non-hydrogen) atoms. The lowest BCUT2D eigenvalue weighted by Gasteiger charge is -2.22. The van der Waals surface area contributed by atoms with E-state index in [1.54, 1.807) is 38.4 Å². The maximum absolute atomic E-state index is 14.1. The topological polar surface area (TPSA) is 125 Å². The molecule has 0 saturated carbocycles. The third kappa shape index (κ3) is 5.63. The number of rotatable bonds is 8. The number of carbonyl (C=O) groups excluding carboxylic acids is 1. The van der Waals surface area contributed by atoms with Crippen LogP contribution in [0.2, 0.25) is 0 Å². The van der Waals surface area contributed by atoms with E-state index in [-0.39, 0.29) is 18.2 Å². The van der Waals surface area contributed by atoms with Crippen molar-refractivity contribution in [2.75, 3.05) is 11.9 Å². The zero-order valence-electron chi connectivity index (χ0n) is 19.7. The largest absolute Gasteiger partial charge is 0.387 e. The number of pyridine rings is 1. The molecule has 0 aromatic carbocycles.